The van der Waals surface area contributed by atoms with E-state index in [1.54, 1.807) is 37.6 Å². The van der Waals surface area contributed by atoms with Gasteiger partial charge in [-0.1, -0.05) is 59.0 Å². The van der Waals surface area contributed by atoms with Crippen LogP contribution >= 0.6 is 0 Å². The van der Waals surface area contributed by atoms with E-state index < -0.39 is 22.2 Å². The van der Waals surface area contributed by atoms with Gasteiger partial charge in [-0.05, 0) is 36.8 Å². The van der Waals surface area contributed by atoms with Crippen molar-refractivity contribution in [2.24, 2.45) is 7.05 Å². The highest BCUT2D eigenvalue weighted by Crippen LogP contribution is 2.33. The first-order valence-corrected chi connectivity index (χ1v) is 15.1. The molecule has 0 spiro atoms. The van der Waals surface area contributed by atoms with Crippen LogP contribution in [0.2, 0.25) is 0 Å². The van der Waals surface area contributed by atoms with Gasteiger partial charge in [-0.2, -0.15) is 10.1 Å². The molecule has 49 heavy (non-hydrogen) atoms. The molecule has 4 heterocycles. The van der Waals surface area contributed by atoms with Crippen molar-refractivity contribution >= 4 is 40.3 Å². The number of carbonyl (C=O) groups excluding carboxylic acids is 3. The molecule has 1 aromatic carbocycles. The number of pyridine rings is 1. The van der Waals surface area contributed by atoms with E-state index in [9.17, 15) is 24.5 Å². The molecule has 16 nitrogen and oxygen atoms in total. The van der Waals surface area contributed by atoms with Gasteiger partial charge in [0.25, 0.3) is 5.69 Å². The van der Waals surface area contributed by atoms with E-state index in [4.69, 9.17) is 4.52 Å². The number of benzene rings is 1. The number of carbonyl (C=O) groups is 3. The highest BCUT2D eigenvalue weighted by Gasteiger charge is 2.25. The molecule has 0 unspecified atom stereocenters. The molecule has 2 amide bonds. The molecule has 0 atom stereocenters. The lowest BCUT2D eigenvalue weighted by Crippen LogP contribution is -2.24. The van der Waals surface area contributed by atoms with Gasteiger partial charge in [-0.15, -0.1) is 0 Å². The van der Waals surface area contributed by atoms with Gasteiger partial charge >= 0.3 is 11.8 Å². The standard InChI is InChI=1S/C27H26N10O5.C4H6O.C2H6/c1-6-19(38)30-22-17(13-36(5)34-22)21-31-20-16(9-10-28-23(20)32-21)14-7-8-15(18(11-14)37(40)41)12-29-24(39)25-33-26(35-42-25)27(2,3)4;1-3-4(2)5;1-2/h6-11,13H,1,12H2,2-5H3,(H,29,39)(H,28,31,32)(H,30,34,38);3H,1H2,2H3;1-2H3. The summed E-state index contributed by atoms with van der Waals surface area (Å²) in [6.45, 7) is 17.6. The van der Waals surface area contributed by atoms with Crippen LogP contribution in [0.25, 0.3) is 33.7 Å². The first kappa shape index (κ1) is 37.1. The number of nitrogens with zero attached hydrogens (tertiary/aromatic N) is 7. The molecule has 0 saturated heterocycles. The molecule has 0 fully saturated rings. The number of nitro benzene ring substituents is 1. The van der Waals surface area contributed by atoms with Crippen LogP contribution in [0.15, 0.2) is 66.5 Å². The Bertz CT molecular complexity index is 2020. The normalized spacial score (nSPS) is 10.6. The summed E-state index contributed by atoms with van der Waals surface area (Å²) < 4.78 is 6.58. The number of aromatic nitrogens is 7. The summed E-state index contributed by atoms with van der Waals surface area (Å²) in [6.07, 6.45) is 5.64. The van der Waals surface area contributed by atoms with Crippen molar-refractivity contribution in [2.45, 2.75) is 53.5 Å². The summed E-state index contributed by atoms with van der Waals surface area (Å²) in [6, 6.07) is 6.39. The fourth-order valence-electron chi connectivity index (χ4n) is 4.12. The van der Waals surface area contributed by atoms with Crippen molar-refractivity contribution in [1.82, 2.24) is 40.2 Å². The van der Waals surface area contributed by atoms with Crippen LogP contribution < -0.4 is 10.6 Å². The summed E-state index contributed by atoms with van der Waals surface area (Å²) in [7, 11) is 1.70. The summed E-state index contributed by atoms with van der Waals surface area (Å²) in [4.78, 5) is 61.8. The van der Waals surface area contributed by atoms with Crippen molar-refractivity contribution in [1.29, 1.82) is 0 Å². The van der Waals surface area contributed by atoms with Gasteiger partial charge in [0.1, 0.15) is 5.82 Å². The van der Waals surface area contributed by atoms with Gasteiger partial charge in [0, 0.05) is 42.0 Å². The van der Waals surface area contributed by atoms with Gasteiger partial charge in [0.2, 0.25) is 5.91 Å². The molecule has 0 aliphatic rings. The van der Waals surface area contributed by atoms with Gasteiger partial charge < -0.3 is 20.1 Å². The molecule has 4 aromatic heterocycles. The maximum absolute atomic E-state index is 12.6. The summed E-state index contributed by atoms with van der Waals surface area (Å²) in [5.74, 6) is -0.243. The van der Waals surface area contributed by atoms with Gasteiger partial charge in [0.05, 0.1) is 22.5 Å². The highest BCUT2D eigenvalue weighted by molar-refractivity contribution is 6.01. The Balaban J connectivity index is 0.000000852. The Morgan fingerprint density at radius 3 is 2.39 bits per heavy atom. The maximum Gasteiger partial charge on any atom is 0.315 e. The van der Waals surface area contributed by atoms with Crippen molar-refractivity contribution in [2.75, 3.05) is 5.32 Å². The minimum absolute atomic E-state index is 0.0185. The molecule has 0 aliphatic heterocycles. The number of hydrogen-bond donors (Lipinski definition) is 3. The zero-order chi connectivity index (χ0) is 36.5. The van der Waals surface area contributed by atoms with E-state index in [0.717, 1.165) is 6.08 Å². The van der Waals surface area contributed by atoms with Crippen LogP contribution in [0.5, 0.6) is 0 Å². The number of rotatable bonds is 9. The highest BCUT2D eigenvalue weighted by atomic mass is 16.6. The average Bonchev–Trinajstić information content (AvgIpc) is 3.83. The largest absolute Gasteiger partial charge is 0.343 e. The minimum atomic E-state index is -0.642. The molecule has 5 rings (SSSR count). The minimum Gasteiger partial charge on any atom is -0.343 e. The van der Waals surface area contributed by atoms with Crippen LogP contribution in [-0.4, -0.2) is 57.4 Å². The fraction of sp³-hybridized carbons (Fsp3) is 0.273. The van der Waals surface area contributed by atoms with Crippen LogP contribution in [0, 0.1) is 10.1 Å². The lowest BCUT2D eigenvalue weighted by Gasteiger charge is -2.10. The van der Waals surface area contributed by atoms with E-state index in [2.05, 4.69) is 54.0 Å². The zero-order valence-corrected chi connectivity index (χ0v) is 28.3. The van der Waals surface area contributed by atoms with E-state index in [-0.39, 0.29) is 35.3 Å². The SMILES string of the molecule is C=CC(=O)Nc1nn(C)cc1-c1nc2nccc(-c3ccc(CNC(=O)c4nc(C(C)(C)C)no4)c([N+](=O)[O-])c3)c2[nH]1.C=CC(C)=O.CC. The van der Waals surface area contributed by atoms with Crippen LogP contribution in [0.3, 0.4) is 0 Å². The number of aryl methyl sites for hydroxylation is 1. The van der Waals surface area contributed by atoms with E-state index in [1.807, 2.05) is 34.6 Å². The second kappa shape index (κ2) is 16.0. The Labute approximate surface area is 281 Å². The van der Waals surface area contributed by atoms with Gasteiger partial charge in [0.15, 0.2) is 23.1 Å². The van der Waals surface area contributed by atoms with Gasteiger partial charge in [-0.25, -0.2) is 9.97 Å². The molecule has 256 valence electrons. The summed E-state index contributed by atoms with van der Waals surface area (Å²) in [5.41, 5.74) is 2.22. The van der Waals surface area contributed by atoms with Crippen LogP contribution in [0.4, 0.5) is 11.5 Å². The number of amides is 2. The number of allylic oxidation sites excluding steroid dienone is 1. The number of imidazole rings is 1. The third-order valence-corrected chi connectivity index (χ3v) is 6.51. The molecule has 16 heteroatoms. The number of anilines is 1. The van der Waals surface area contributed by atoms with Crippen LogP contribution in [0.1, 0.15) is 63.6 Å². The van der Waals surface area contributed by atoms with E-state index in [0.29, 0.717) is 39.5 Å². The Kier molecular flexibility index (Phi) is 12.1. The van der Waals surface area contributed by atoms with Crippen LogP contribution in [-0.2, 0) is 28.6 Å². The van der Waals surface area contributed by atoms with Crippen molar-refractivity contribution in [3.05, 3.63) is 89.4 Å². The monoisotopic (exact) mass is 670 g/mol. The number of H-pyrrole nitrogens is 1. The molecule has 0 bridgehead atoms. The maximum atomic E-state index is 12.6. The molecule has 0 aliphatic carbocycles. The number of fused-ring (bicyclic) bond motifs is 1. The molecular weight excluding hydrogens is 632 g/mol. The summed E-state index contributed by atoms with van der Waals surface area (Å²) >= 11 is 0. The smallest absolute Gasteiger partial charge is 0.315 e. The number of ketones is 1. The Morgan fingerprint density at radius 2 is 1.80 bits per heavy atom. The zero-order valence-electron chi connectivity index (χ0n) is 28.3. The molecule has 0 radical (unpaired) electrons. The van der Waals surface area contributed by atoms with Gasteiger partial charge in [-0.3, -0.25) is 29.2 Å². The van der Waals surface area contributed by atoms with E-state index in [1.165, 1.54) is 23.7 Å². The second-order valence-corrected chi connectivity index (χ2v) is 11.2. The third kappa shape index (κ3) is 9.15. The Hall–Kier alpha value is -6.32. The van der Waals surface area contributed by atoms with Crippen molar-refractivity contribution < 1.29 is 23.8 Å². The lowest BCUT2D eigenvalue weighted by atomic mass is 9.96. The first-order valence-electron chi connectivity index (χ1n) is 15.1. The molecule has 5 aromatic rings. The van der Waals surface area contributed by atoms with E-state index >= 15 is 0 Å². The molecular formula is C33H38N10O6. The number of hydrogen-bond acceptors (Lipinski definition) is 11. The topological polar surface area (TPSA) is 217 Å². The average molecular weight is 671 g/mol. The van der Waals surface area contributed by atoms with Crippen molar-refractivity contribution in [3.63, 3.8) is 0 Å². The summed E-state index contributed by atoms with van der Waals surface area (Å²) in [5, 5.41) is 25.3. The van der Waals surface area contributed by atoms with Crippen molar-refractivity contribution in [3.8, 4) is 22.5 Å². The molecule has 3 N–H and O–H groups in total. The quantitative estimate of drug-likeness (QED) is 0.102. The third-order valence-electron chi connectivity index (χ3n) is 6.51. The Morgan fingerprint density at radius 1 is 1.10 bits per heavy atom. The fourth-order valence-corrected chi connectivity index (χ4v) is 4.12. The predicted octanol–water partition coefficient (Wildman–Crippen LogP) is 5.46. The second-order valence-electron chi connectivity index (χ2n) is 11.2. The first-order chi connectivity index (χ1) is 23.2. The predicted molar refractivity (Wildman–Crippen MR) is 183 cm³/mol. The molecule has 0 saturated carbocycles. The number of aromatic amines is 1. The number of nitrogens with one attached hydrogen (secondary N) is 3. The lowest BCUT2D eigenvalue weighted by molar-refractivity contribution is -0.385. The number of nitro groups is 1.